The Balaban J connectivity index is 1.46. The van der Waals surface area contributed by atoms with Crippen LogP contribution in [0.4, 0.5) is 4.39 Å². The minimum atomic E-state index is -1.03. The molecule has 2 aliphatic rings. The molecule has 2 fully saturated rings. The third-order valence-corrected chi connectivity index (χ3v) is 6.77. The van der Waals surface area contributed by atoms with Gasteiger partial charge in [-0.3, -0.25) is 19.2 Å². The summed E-state index contributed by atoms with van der Waals surface area (Å²) >= 11 is 5.98. The Kier molecular flexibility index (Phi) is 7.06. The Morgan fingerprint density at radius 3 is 2.59 bits per heavy atom. The van der Waals surface area contributed by atoms with Crippen molar-refractivity contribution in [2.45, 2.75) is 50.6 Å². The minimum absolute atomic E-state index is 0.100. The number of aromatic nitrogens is 1. The summed E-state index contributed by atoms with van der Waals surface area (Å²) in [4.78, 5) is 52.9. The largest absolute Gasteiger partial charge is 0.368 e. The molecule has 1 aromatic heterocycles. The summed E-state index contributed by atoms with van der Waals surface area (Å²) < 4.78 is 13.7. The number of piperidine rings is 1. The lowest BCUT2D eigenvalue weighted by Gasteiger charge is -2.27. The molecule has 9 nitrogen and oxygen atoms in total. The van der Waals surface area contributed by atoms with Crippen molar-refractivity contribution < 1.29 is 23.6 Å². The molecule has 4 amide bonds. The van der Waals surface area contributed by atoms with Gasteiger partial charge in [0.1, 0.15) is 28.6 Å². The highest BCUT2D eigenvalue weighted by atomic mass is 35.5. The van der Waals surface area contributed by atoms with Crippen molar-refractivity contribution in [2.75, 3.05) is 6.54 Å². The van der Waals surface area contributed by atoms with Crippen LogP contribution in [0.3, 0.4) is 0 Å². The quantitative estimate of drug-likeness (QED) is 0.363. The van der Waals surface area contributed by atoms with Gasteiger partial charge in [-0.2, -0.15) is 0 Å². The number of hydrogen-bond donors (Lipinski definition) is 5. The summed E-state index contributed by atoms with van der Waals surface area (Å²) in [6.45, 7) is 0.587. The van der Waals surface area contributed by atoms with Crippen molar-refractivity contribution in [2.24, 2.45) is 17.6 Å². The SMILES string of the molecule is NC(=O)[C@H](C[C@@H]1CCCNC1=O)NC(=O)C(CC1CC1)NC(=O)c1cc2ccc(F)c(Cl)c2[nH]1. The highest BCUT2D eigenvalue weighted by molar-refractivity contribution is 6.35. The standard InChI is InChI=1S/C23H27ClFN5O4/c24-18-14(25)6-5-12-9-17(28-19(12)18)23(34)30-16(8-11-3-4-11)22(33)29-15(20(26)31)10-13-2-1-7-27-21(13)32/h5-6,9,11,13,15-16,28H,1-4,7-8,10H2,(H2,26,31)(H,27,32)(H,29,33)(H,30,34)/t13-,15-,16?/m0/s1. The van der Waals surface area contributed by atoms with Crippen LogP contribution >= 0.6 is 11.6 Å². The fourth-order valence-electron chi connectivity index (χ4n) is 4.28. The van der Waals surface area contributed by atoms with E-state index in [1.54, 1.807) is 0 Å². The molecule has 1 aliphatic heterocycles. The maximum atomic E-state index is 13.7. The number of carbonyl (C=O) groups excluding carboxylic acids is 4. The Morgan fingerprint density at radius 2 is 1.91 bits per heavy atom. The molecule has 2 heterocycles. The van der Waals surface area contributed by atoms with Crippen molar-refractivity contribution in [3.63, 3.8) is 0 Å². The van der Waals surface area contributed by atoms with Crippen LogP contribution in [0.15, 0.2) is 18.2 Å². The number of fused-ring (bicyclic) bond motifs is 1. The smallest absolute Gasteiger partial charge is 0.268 e. The van der Waals surface area contributed by atoms with Gasteiger partial charge in [0, 0.05) is 17.8 Å². The molecule has 11 heteroatoms. The zero-order valence-corrected chi connectivity index (χ0v) is 19.2. The molecule has 6 N–H and O–H groups in total. The first kappa shape index (κ1) is 24.0. The van der Waals surface area contributed by atoms with E-state index in [2.05, 4.69) is 20.9 Å². The monoisotopic (exact) mass is 491 g/mol. The van der Waals surface area contributed by atoms with Gasteiger partial charge in [-0.15, -0.1) is 0 Å². The molecule has 1 aromatic carbocycles. The summed E-state index contributed by atoms with van der Waals surface area (Å²) in [5.41, 5.74) is 5.92. The average Bonchev–Trinajstić information content (AvgIpc) is 3.51. The van der Waals surface area contributed by atoms with Crippen molar-refractivity contribution in [1.82, 2.24) is 20.9 Å². The number of primary amides is 1. The number of halogens is 2. The van der Waals surface area contributed by atoms with Gasteiger partial charge in [0.05, 0.1) is 5.52 Å². The van der Waals surface area contributed by atoms with E-state index in [9.17, 15) is 23.6 Å². The van der Waals surface area contributed by atoms with Gasteiger partial charge in [-0.25, -0.2) is 4.39 Å². The molecular formula is C23H27ClFN5O4. The van der Waals surface area contributed by atoms with Crippen LogP contribution in [0.5, 0.6) is 0 Å². The first-order valence-corrected chi connectivity index (χ1v) is 11.8. The number of amides is 4. The molecule has 2 aromatic rings. The lowest BCUT2D eigenvalue weighted by molar-refractivity contribution is -0.131. The van der Waals surface area contributed by atoms with E-state index in [-0.39, 0.29) is 28.6 Å². The molecule has 0 bridgehead atoms. The predicted molar refractivity (Wildman–Crippen MR) is 123 cm³/mol. The highest BCUT2D eigenvalue weighted by Gasteiger charge is 2.34. The second-order valence-electron chi connectivity index (χ2n) is 9.04. The lowest BCUT2D eigenvalue weighted by atomic mass is 9.91. The van der Waals surface area contributed by atoms with Crippen molar-refractivity contribution in [3.8, 4) is 0 Å². The third kappa shape index (κ3) is 5.49. The van der Waals surface area contributed by atoms with E-state index >= 15 is 0 Å². The molecule has 4 rings (SSSR count). The number of rotatable bonds is 9. The van der Waals surface area contributed by atoms with Crippen LogP contribution in [-0.4, -0.2) is 47.2 Å². The minimum Gasteiger partial charge on any atom is -0.368 e. The van der Waals surface area contributed by atoms with Crippen LogP contribution in [0.1, 0.15) is 49.0 Å². The molecule has 0 radical (unpaired) electrons. The van der Waals surface area contributed by atoms with Gasteiger partial charge in [0.2, 0.25) is 17.7 Å². The van der Waals surface area contributed by atoms with Crippen LogP contribution in [0, 0.1) is 17.7 Å². The second-order valence-corrected chi connectivity index (χ2v) is 9.42. The van der Waals surface area contributed by atoms with Gasteiger partial charge in [0.25, 0.3) is 5.91 Å². The van der Waals surface area contributed by atoms with Crippen molar-refractivity contribution in [3.05, 3.63) is 34.7 Å². The van der Waals surface area contributed by atoms with Crippen molar-refractivity contribution >= 4 is 46.1 Å². The fourth-order valence-corrected chi connectivity index (χ4v) is 4.50. The zero-order valence-electron chi connectivity index (χ0n) is 18.5. The average molecular weight is 492 g/mol. The number of benzene rings is 1. The topological polar surface area (TPSA) is 146 Å². The summed E-state index contributed by atoms with van der Waals surface area (Å²) in [7, 11) is 0. The van der Waals surface area contributed by atoms with Crippen molar-refractivity contribution in [1.29, 1.82) is 0 Å². The molecular weight excluding hydrogens is 465 g/mol. The van der Waals surface area contributed by atoms with E-state index in [0.717, 1.165) is 19.3 Å². The number of nitrogens with one attached hydrogen (secondary N) is 4. The predicted octanol–water partition coefficient (Wildman–Crippen LogP) is 1.75. The maximum Gasteiger partial charge on any atom is 0.268 e. The Hall–Kier alpha value is -3.14. The highest BCUT2D eigenvalue weighted by Crippen LogP contribution is 2.34. The normalized spacial score (nSPS) is 19.8. The van der Waals surface area contributed by atoms with Crippen LogP contribution < -0.4 is 21.7 Å². The third-order valence-electron chi connectivity index (χ3n) is 6.40. The second kappa shape index (κ2) is 10.0. The fraction of sp³-hybridized carbons (Fsp3) is 0.478. The first-order chi connectivity index (χ1) is 16.2. The van der Waals surface area contributed by atoms with E-state index in [0.29, 0.717) is 30.7 Å². The zero-order chi connectivity index (χ0) is 24.4. The number of carbonyl (C=O) groups is 4. The van der Waals surface area contributed by atoms with E-state index in [1.165, 1.54) is 18.2 Å². The molecule has 0 spiro atoms. The molecule has 3 atom stereocenters. The maximum absolute atomic E-state index is 13.7. The molecule has 34 heavy (non-hydrogen) atoms. The van der Waals surface area contributed by atoms with E-state index in [1.807, 2.05) is 0 Å². The summed E-state index contributed by atoms with van der Waals surface area (Å²) in [6, 6.07) is 2.29. The molecule has 1 aliphatic carbocycles. The number of aromatic amines is 1. The summed E-state index contributed by atoms with van der Waals surface area (Å²) in [5, 5.41) is 8.52. The van der Waals surface area contributed by atoms with Crippen LogP contribution in [-0.2, 0) is 14.4 Å². The first-order valence-electron chi connectivity index (χ1n) is 11.4. The van der Waals surface area contributed by atoms with E-state index in [4.69, 9.17) is 17.3 Å². The van der Waals surface area contributed by atoms with Crippen LogP contribution in [0.25, 0.3) is 10.9 Å². The van der Waals surface area contributed by atoms with Gasteiger partial charge in [-0.05, 0) is 49.8 Å². The lowest BCUT2D eigenvalue weighted by Crippen LogP contribution is -2.54. The molecule has 182 valence electrons. The molecule has 1 unspecified atom stereocenters. The Morgan fingerprint density at radius 1 is 1.15 bits per heavy atom. The Bertz CT molecular complexity index is 1130. The summed E-state index contributed by atoms with van der Waals surface area (Å²) in [6.07, 6.45) is 3.79. The number of hydrogen-bond acceptors (Lipinski definition) is 4. The van der Waals surface area contributed by atoms with Crippen LogP contribution in [0.2, 0.25) is 5.02 Å². The van der Waals surface area contributed by atoms with Gasteiger partial charge in [0.15, 0.2) is 0 Å². The number of nitrogens with two attached hydrogens (primary N) is 1. The van der Waals surface area contributed by atoms with E-state index < -0.39 is 41.5 Å². The molecule has 1 saturated heterocycles. The molecule has 1 saturated carbocycles. The Labute approximate surface area is 200 Å². The van der Waals surface area contributed by atoms with Gasteiger partial charge >= 0.3 is 0 Å². The van der Waals surface area contributed by atoms with Gasteiger partial charge in [-0.1, -0.05) is 24.4 Å². The van der Waals surface area contributed by atoms with Gasteiger partial charge < -0.3 is 26.7 Å². The summed E-state index contributed by atoms with van der Waals surface area (Å²) in [5.74, 6) is -2.74. The number of H-pyrrole nitrogens is 1.